The number of nitro benzene ring substituents is 1. The third kappa shape index (κ3) is 3.45. The Morgan fingerprint density at radius 1 is 1.52 bits per heavy atom. The second-order valence-corrected chi connectivity index (χ2v) is 5.00. The number of non-ortho nitro benzene ring substituents is 1. The molecular weight excluding hydrogens is 286 g/mol. The lowest BCUT2D eigenvalue weighted by molar-refractivity contribution is -0.385. The highest BCUT2D eigenvalue weighted by molar-refractivity contribution is 5.67. The molecule has 1 aromatic rings. The number of nitro groups is 1. The normalized spacial score (nSPS) is 18.2. The highest BCUT2D eigenvalue weighted by Gasteiger charge is 2.28. The molecule has 0 amide bonds. The summed E-state index contributed by atoms with van der Waals surface area (Å²) in [6.07, 6.45) is -2.22. The van der Waals surface area contributed by atoms with Gasteiger partial charge in [-0.1, -0.05) is 0 Å². The number of benzene rings is 1. The zero-order valence-electron chi connectivity index (χ0n) is 11.0. The second kappa shape index (κ2) is 6.02. The van der Waals surface area contributed by atoms with Crippen LogP contribution >= 0.6 is 0 Å². The van der Waals surface area contributed by atoms with Crippen molar-refractivity contribution in [1.29, 1.82) is 0 Å². The quantitative estimate of drug-likeness (QED) is 0.667. The number of alkyl halides is 2. The van der Waals surface area contributed by atoms with Crippen molar-refractivity contribution in [3.63, 3.8) is 0 Å². The van der Waals surface area contributed by atoms with Crippen molar-refractivity contribution in [2.24, 2.45) is 5.92 Å². The van der Waals surface area contributed by atoms with Crippen LogP contribution in [-0.4, -0.2) is 29.1 Å². The van der Waals surface area contributed by atoms with Crippen LogP contribution in [0.15, 0.2) is 18.2 Å². The summed E-state index contributed by atoms with van der Waals surface area (Å²) in [5.41, 5.74) is -0.529. The fraction of sp³-hybridized carbons (Fsp3) is 0.462. The molecule has 1 aromatic carbocycles. The molecule has 0 aromatic heterocycles. The first-order chi connectivity index (χ1) is 9.88. The van der Waals surface area contributed by atoms with Crippen LogP contribution in [0, 0.1) is 16.0 Å². The molecule has 1 fully saturated rings. The maximum Gasteiger partial charge on any atom is 0.303 e. The van der Waals surface area contributed by atoms with Crippen LogP contribution in [0.5, 0.6) is 0 Å². The van der Waals surface area contributed by atoms with E-state index < -0.39 is 17.3 Å². The van der Waals surface area contributed by atoms with E-state index in [1.807, 2.05) is 0 Å². The molecule has 2 rings (SSSR count). The number of carboxylic acid groups (broad SMARTS) is 1. The summed E-state index contributed by atoms with van der Waals surface area (Å²) < 4.78 is 26.2. The molecule has 1 saturated heterocycles. The van der Waals surface area contributed by atoms with Crippen LogP contribution in [0.3, 0.4) is 0 Å². The number of rotatable bonds is 5. The number of anilines is 1. The van der Waals surface area contributed by atoms with E-state index in [1.165, 1.54) is 12.1 Å². The first-order valence-electron chi connectivity index (χ1n) is 6.41. The minimum Gasteiger partial charge on any atom is -0.481 e. The van der Waals surface area contributed by atoms with Crippen molar-refractivity contribution >= 4 is 17.3 Å². The van der Waals surface area contributed by atoms with E-state index in [0.29, 0.717) is 19.5 Å². The topological polar surface area (TPSA) is 83.7 Å². The van der Waals surface area contributed by atoms with Gasteiger partial charge in [-0.05, 0) is 18.4 Å². The van der Waals surface area contributed by atoms with Crippen LogP contribution in [0.1, 0.15) is 24.8 Å². The van der Waals surface area contributed by atoms with E-state index >= 15 is 0 Å². The minimum atomic E-state index is -2.82. The van der Waals surface area contributed by atoms with Gasteiger partial charge in [-0.2, -0.15) is 0 Å². The Bertz CT molecular complexity index is 565. The average Bonchev–Trinajstić information content (AvgIpc) is 2.85. The maximum atomic E-state index is 13.1. The molecule has 1 N–H and O–H groups in total. The zero-order chi connectivity index (χ0) is 15.6. The molecule has 0 aliphatic carbocycles. The highest BCUT2D eigenvalue weighted by atomic mass is 19.3. The lowest BCUT2D eigenvalue weighted by Crippen LogP contribution is -2.22. The summed E-state index contributed by atoms with van der Waals surface area (Å²) in [6, 6.07) is 3.37. The van der Waals surface area contributed by atoms with Gasteiger partial charge in [0.1, 0.15) is 0 Å². The number of carboxylic acids is 1. The zero-order valence-corrected chi connectivity index (χ0v) is 11.0. The summed E-state index contributed by atoms with van der Waals surface area (Å²) in [5.74, 6) is -1.01. The predicted molar refractivity (Wildman–Crippen MR) is 70.6 cm³/mol. The van der Waals surface area contributed by atoms with Gasteiger partial charge >= 0.3 is 5.97 Å². The number of aliphatic carboxylic acids is 1. The third-order valence-electron chi connectivity index (χ3n) is 3.55. The van der Waals surface area contributed by atoms with Crippen molar-refractivity contribution in [3.8, 4) is 0 Å². The predicted octanol–water partition coefficient (Wildman–Crippen LogP) is 2.83. The van der Waals surface area contributed by atoms with Crippen LogP contribution in [0.2, 0.25) is 0 Å². The third-order valence-corrected chi connectivity index (χ3v) is 3.55. The molecule has 114 valence electrons. The van der Waals surface area contributed by atoms with Crippen LogP contribution in [0.4, 0.5) is 20.2 Å². The molecule has 21 heavy (non-hydrogen) atoms. The van der Waals surface area contributed by atoms with Gasteiger partial charge in [0.15, 0.2) is 0 Å². The number of hydrogen-bond donors (Lipinski definition) is 1. The SMILES string of the molecule is O=C(O)CC1CCN(c2ccc([N+](=O)[O-])cc2C(F)F)C1. The monoisotopic (exact) mass is 300 g/mol. The fourth-order valence-corrected chi connectivity index (χ4v) is 2.58. The van der Waals surface area contributed by atoms with Gasteiger partial charge in [-0.25, -0.2) is 8.78 Å². The molecule has 0 radical (unpaired) electrons. The summed E-state index contributed by atoms with van der Waals surface area (Å²) >= 11 is 0. The van der Waals surface area contributed by atoms with Crippen molar-refractivity contribution in [2.75, 3.05) is 18.0 Å². The molecule has 0 saturated carbocycles. The number of hydrogen-bond acceptors (Lipinski definition) is 4. The van der Waals surface area contributed by atoms with Crippen molar-refractivity contribution in [3.05, 3.63) is 33.9 Å². The summed E-state index contributed by atoms with van der Waals surface area (Å²) in [7, 11) is 0. The van der Waals surface area contributed by atoms with Gasteiger partial charge in [0.2, 0.25) is 0 Å². The number of nitrogens with zero attached hydrogens (tertiary/aromatic N) is 2. The maximum absolute atomic E-state index is 13.1. The Morgan fingerprint density at radius 2 is 2.24 bits per heavy atom. The first kappa shape index (κ1) is 15.1. The van der Waals surface area contributed by atoms with Gasteiger partial charge in [0.25, 0.3) is 12.1 Å². The van der Waals surface area contributed by atoms with Gasteiger partial charge < -0.3 is 10.0 Å². The molecule has 0 spiro atoms. The summed E-state index contributed by atoms with van der Waals surface area (Å²) in [6.45, 7) is 0.833. The van der Waals surface area contributed by atoms with Crippen molar-refractivity contribution in [1.82, 2.24) is 0 Å². The van der Waals surface area contributed by atoms with E-state index in [1.54, 1.807) is 4.90 Å². The molecular formula is C13H14F2N2O4. The molecule has 1 heterocycles. The van der Waals surface area contributed by atoms with E-state index in [9.17, 15) is 23.7 Å². The van der Waals surface area contributed by atoms with Crippen LogP contribution in [0.25, 0.3) is 0 Å². The highest BCUT2D eigenvalue weighted by Crippen LogP contribution is 2.36. The van der Waals surface area contributed by atoms with Crippen LogP contribution < -0.4 is 4.90 Å². The lowest BCUT2D eigenvalue weighted by atomic mass is 10.1. The first-order valence-corrected chi connectivity index (χ1v) is 6.41. The Hall–Kier alpha value is -2.25. The van der Waals surface area contributed by atoms with E-state index in [4.69, 9.17) is 5.11 Å². The minimum absolute atomic E-state index is 0.00646. The van der Waals surface area contributed by atoms with Crippen LogP contribution in [-0.2, 0) is 4.79 Å². The van der Waals surface area contributed by atoms with E-state index in [0.717, 1.165) is 6.07 Å². The van der Waals surface area contributed by atoms with Gasteiger partial charge in [-0.15, -0.1) is 0 Å². The largest absolute Gasteiger partial charge is 0.481 e. The summed E-state index contributed by atoms with van der Waals surface area (Å²) in [5, 5.41) is 19.4. The average molecular weight is 300 g/mol. The molecule has 6 nitrogen and oxygen atoms in total. The molecule has 1 unspecified atom stereocenters. The number of carbonyl (C=O) groups is 1. The fourth-order valence-electron chi connectivity index (χ4n) is 2.58. The van der Waals surface area contributed by atoms with Gasteiger partial charge in [0, 0.05) is 42.9 Å². The van der Waals surface area contributed by atoms with E-state index in [2.05, 4.69) is 0 Å². The Labute approximate surface area is 119 Å². The Balaban J connectivity index is 2.24. The van der Waals surface area contributed by atoms with Gasteiger partial charge in [-0.3, -0.25) is 14.9 Å². The molecule has 1 atom stereocenters. The molecule has 1 aliphatic rings. The van der Waals surface area contributed by atoms with Crippen molar-refractivity contribution in [2.45, 2.75) is 19.3 Å². The Kier molecular flexibility index (Phi) is 4.35. The Morgan fingerprint density at radius 3 is 2.81 bits per heavy atom. The lowest BCUT2D eigenvalue weighted by Gasteiger charge is -2.21. The second-order valence-electron chi connectivity index (χ2n) is 5.00. The molecule has 0 bridgehead atoms. The summed E-state index contributed by atoms with van der Waals surface area (Å²) in [4.78, 5) is 22.3. The smallest absolute Gasteiger partial charge is 0.303 e. The molecule has 8 heteroatoms. The standard InChI is InChI=1S/C13H14F2N2O4/c14-13(15)10-6-9(17(20)21)1-2-11(10)16-4-3-8(7-16)5-12(18)19/h1-2,6,8,13H,3-5,7H2,(H,18,19). The molecule has 1 aliphatic heterocycles. The van der Waals surface area contributed by atoms with Crippen molar-refractivity contribution < 1.29 is 23.6 Å². The number of halogens is 2. The van der Waals surface area contributed by atoms with Gasteiger partial charge in [0.05, 0.1) is 4.92 Å². The van der Waals surface area contributed by atoms with E-state index in [-0.39, 0.29) is 29.3 Å².